The van der Waals surface area contributed by atoms with E-state index in [-0.39, 0.29) is 0 Å². The van der Waals surface area contributed by atoms with E-state index in [4.69, 9.17) is 5.11 Å². The first-order valence-electron chi connectivity index (χ1n) is 6.33. The first-order chi connectivity index (χ1) is 12.2. The van der Waals surface area contributed by atoms with Gasteiger partial charge < -0.3 is 10.8 Å². The summed E-state index contributed by atoms with van der Waals surface area (Å²) in [6.45, 7) is -2.12. The van der Waals surface area contributed by atoms with Gasteiger partial charge in [-0.25, -0.2) is 0 Å². The Kier molecular flexibility index (Phi) is 6.58. The highest BCUT2D eigenvalue weighted by molar-refractivity contribution is 5.15. The Bertz CT molecular complexity index is 594. The van der Waals surface area contributed by atoms with E-state index >= 15 is 0 Å². The number of aliphatic hydroxyl groups excluding tert-OH is 1. The van der Waals surface area contributed by atoms with Gasteiger partial charge in [0.05, 0.1) is 0 Å². The highest BCUT2D eigenvalue weighted by Gasteiger charge is 2.95. The summed E-state index contributed by atoms with van der Waals surface area (Å²) in [5, 5.41) is 8.41. The summed E-state index contributed by atoms with van der Waals surface area (Å²) >= 11 is 0. The lowest BCUT2D eigenvalue weighted by molar-refractivity contribution is -0.463. The van der Waals surface area contributed by atoms with Crippen molar-refractivity contribution in [2.45, 2.75) is 53.7 Å². The molecule has 0 aliphatic carbocycles. The molecule has 0 bridgehead atoms. The quantitative estimate of drug-likeness (QED) is 0.510. The van der Waals surface area contributed by atoms with Crippen molar-refractivity contribution in [3.05, 3.63) is 0 Å². The molecule has 0 aromatic carbocycles. The number of hydrogen-bond acceptors (Lipinski definition) is 2. The fourth-order valence-electron chi connectivity index (χ4n) is 1.53. The van der Waals surface area contributed by atoms with Gasteiger partial charge in [-0.3, -0.25) is 0 Å². The Balaban J connectivity index is 6.73. The van der Waals surface area contributed by atoms with E-state index < -0.39 is 60.3 Å². The lowest BCUT2D eigenvalue weighted by Gasteiger charge is -2.43. The van der Waals surface area contributed by atoms with Crippen LogP contribution in [-0.2, 0) is 0 Å². The average molecular weight is 479 g/mol. The molecular weight excluding hydrogens is 473 g/mol. The molecule has 0 aliphatic rings. The standard InChI is InChI=1S/C10H6F17NO/c11-3(12,2(29)1-28)4(13,14)5(15,16)6(17,18)7(19,20)8(21,22)9(23,24)10(25,26)27/h2,29H,1,28H2. The van der Waals surface area contributed by atoms with Crippen LogP contribution < -0.4 is 5.73 Å². The van der Waals surface area contributed by atoms with Crippen LogP contribution in [0.25, 0.3) is 0 Å². The smallest absolute Gasteiger partial charge is 0.385 e. The highest BCUT2D eigenvalue weighted by atomic mass is 19.4. The van der Waals surface area contributed by atoms with Crippen LogP contribution in [-0.4, -0.2) is 65.4 Å². The Hall–Kier alpha value is -1.27. The highest BCUT2D eigenvalue weighted by Crippen LogP contribution is 2.64. The second-order valence-corrected chi connectivity index (χ2v) is 5.32. The molecule has 0 aromatic heterocycles. The van der Waals surface area contributed by atoms with Crippen molar-refractivity contribution in [1.82, 2.24) is 0 Å². The van der Waals surface area contributed by atoms with E-state index in [1.165, 1.54) is 0 Å². The SMILES string of the molecule is NCC(O)C(F)(F)C(F)(F)C(F)(F)C(F)(F)C(F)(F)C(F)(F)C(F)(F)C(F)(F)F. The van der Waals surface area contributed by atoms with Crippen molar-refractivity contribution >= 4 is 0 Å². The van der Waals surface area contributed by atoms with E-state index in [1.54, 1.807) is 0 Å². The topological polar surface area (TPSA) is 46.2 Å². The van der Waals surface area contributed by atoms with Crippen LogP contribution >= 0.6 is 0 Å². The van der Waals surface area contributed by atoms with Crippen molar-refractivity contribution < 1.29 is 79.7 Å². The number of halogens is 17. The third-order valence-corrected chi connectivity index (χ3v) is 3.39. The van der Waals surface area contributed by atoms with Gasteiger partial charge in [0.2, 0.25) is 0 Å². The Labute approximate surface area is 147 Å². The zero-order chi connectivity index (χ0) is 24.3. The number of nitrogens with two attached hydrogens (primary N) is 1. The molecule has 2 nitrogen and oxygen atoms in total. The van der Waals surface area contributed by atoms with Gasteiger partial charge in [-0.15, -0.1) is 0 Å². The van der Waals surface area contributed by atoms with Crippen LogP contribution in [0.15, 0.2) is 0 Å². The molecule has 0 rings (SSSR count). The van der Waals surface area contributed by atoms with E-state index in [1.807, 2.05) is 0 Å². The van der Waals surface area contributed by atoms with Crippen LogP contribution in [0, 0.1) is 0 Å². The molecule has 0 heterocycles. The fraction of sp³-hybridized carbons (Fsp3) is 1.00. The van der Waals surface area contributed by atoms with Gasteiger partial charge in [-0.1, -0.05) is 0 Å². The van der Waals surface area contributed by atoms with E-state index in [2.05, 4.69) is 5.73 Å². The van der Waals surface area contributed by atoms with Gasteiger partial charge in [0, 0.05) is 6.54 Å². The summed E-state index contributed by atoms with van der Waals surface area (Å²) in [6, 6.07) is 0. The Morgan fingerprint density at radius 1 is 0.483 bits per heavy atom. The number of rotatable bonds is 8. The summed E-state index contributed by atoms with van der Waals surface area (Å²) in [7, 11) is 0. The number of aliphatic hydroxyl groups is 1. The van der Waals surface area contributed by atoms with E-state index in [0.717, 1.165) is 0 Å². The van der Waals surface area contributed by atoms with Gasteiger partial charge in [0.1, 0.15) is 6.10 Å². The van der Waals surface area contributed by atoms with Crippen LogP contribution in [0.2, 0.25) is 0 Å². The molecule has 19 heteroatoms. The summed E-state index contributed by atoms with van der Waals surface area (Å²) in [6.07, 6.45) is -12.0. The predicted octanol–water partition coefficient (Wildman–Crippen LogP) is 4.32. The minimum Gasteiger partial charge on any atom is -0.385 e. The number of alkyl halides is 17. The Morgan fingerprint density at radius 3 is 0.966 bits per heavy atom. The second-order valence-electron chi connectivity index (χ2n) is 5.32. The summed E-state index contributed by atoms with van der Waals surface area (Å²) in [5.41, 5.74) is 4.18. The first kappa shape index (κ1) is 27.7. The van der Waals surface area contributed by atoms with Gasteiger partial charge in [0.15, 0.2) is 0 Å². The molecule has 0 saturated heterocycles. The van der Waals surface area contributed by atoms with Gasteiger partial charge in [-0.2, -0.15) is 74.6 Å². The monoisotopic (exact) mass is 479 g/mol. The molecule has 0 amide bonds. The lowest BCUT2D eigenvalue weighted by atomic mass is 9.87. The summed E-state index contributed by atoms with van der Waals surface area (Å²) in [5.74, 6) is -57.3. The van der Waals surface area contributed by atoms with Crippen molar-refractivity contribution in [3.8, 4) is 0 Å². The molecule has 0 saturated carbocycles. The fourth-order valence-corrected chi connectivity index (χ4v) is 1.53. The Morgan fingerprint density at radius 2 is 0.724 bits per heavy atom. The normalized spacial score (nSPS) is 17.5. The predicted molar refractivity (Wildman–Crippen MR) is 55.7 cm³/mol. The zero-order valence-corrected chi connectivity index (χ0v) is 12.7. The molecule has 0 spiro atoms. The largest absolute Gasteiger partial charge is 0.460 e. The van der Waals surface area contributed by atoms with E-state index in [9.17, 15) is 74.6 Å². The minimum absolute atomic E-state index is 2.12. The van der Waals surface area contributed by atoms with Gasteiger partial charge in [-0.05, 0) is 0 Å². The molecule has 0 aromatic rings. The molecule has 3 N–H and O–H groups in total. The molecular formula is C10H6F17NO. The molecule has 0 fully saturated rings. The first-order valence-corrected chi connectivity index (χ1v) is 6.33. The molecule has 1 atom stereocenters. The molecule has 0 aliphatic heterocycles. The van der Waals surface area contributed by atoms with Gasteiger partial charge >= 0.3 is 47.6 Å². The van der Waals surface area contributed by atoms with Crippen molar-refractivity contribution in [2.75, 3.05) is 6.54 Å². The molecule has 1 unspecified atom stereocenters. The van der Waals surface area contributed by atoms with Crippen LogP contribution in [0.1, 0.15) is 0 Å². The maximum Gasteiger partial charge on any atom is 0.460 e. The second kappa shape index (κ2) is 6.88. The van der Waals surface area contributed by atoms with E-state index in [0.29, 0.717) is 0 Å². The van der Waals surface area contributed by atoms with Crippen molar-refractivity contribution in [3.63, 3.8) is 0 Å². The van der Waals surface area contributed by atoms with Crippen LogP contribution in [0.3, 0.4) is 0 Å². The average Bonchev–Trinajstić information content (AvgIpc) is 2.51. The molecule has 0 radical (unpaired) electrons. The minimum atomic E-state index is -8.68. The molecule has 176 valence electrons. The van der Waals surface area contributed by atoms with Crippen LogP contribution in [0.5, 0.6) is 0 Å². The summed E-state index contributed by atoms with van der Waals surface area (Å²) < 4.78 is 218. The van der Waals surface area contributed by atoms with Crippen molar-refractivity contribution in [2.24, 2.45) is 5.73 Å². The van der Waals surface area contributed by atoms with Gasteiger partial charge in [0.25, 0.3) is 0 Å². The van der Waals surface area contributed by atoms with Crippen LogP contribution in [0.4, 0.5) is 74.6 Å². The van der Waals surface area contributed by atoms with Crippen molar-refractivity contribution in [1.29, 1.82) is 0 Å². The third-order valence-electron chi connectivity index (χ3n) is 3.39. The number of hydrogen-bond donors (Lipinski definition) is 2. The molecule has 29 heavy (non-hydrogen) atoms. The maximum absolute atomic E-state index is 13.2. The lowest BCUT2D eigenvalue weighted by Crippen LogP contribution is -2.75. The maximum atomic E-state index is 13.2. The summed E-state index contributed by atoms with van der Waals surface area (Å²) in [4.78, 5) is 0. The third kappa shape index (κ3) is 3.36. The zero-order valence-electron chi connectivity index (χ0n) is 12.7.